The molecule has 0 saturated heterocycles. The fraction of sp³-hybridized carbons (Fsp3) is 0.176. The van der Waals surface area contributed by atoms with E-state index in [0.717, 1.165) is 27.8 Å². The number of hydrogen-bond donors (Lipinski definition) is 4. The van der Waals surface area contributed by atoms with Crippen LogP contribution in [0, 0.1) is 6.92 Å². The summed E-state index contributed by atoms with van der Waals surface area (Å²) in [6.07, 6.45) is 0. The lowest BCUT2D eigenvalue weighted by Crippen LogP contribution is -2.31. The third-order valence-electron chi connectivity index (χ3n) is 3.70. The number of carbonyl (C=O) groups excluding carboxylic acids is 1. The van der Waals surface area contributed by atoms with Gasteiger partial charge in [0, 0.05) is 5.69 Å². The lowest BCUT2D eigenvalue weighted by atomic mass is 10.1. The Morgan fingerprint density at radius 3 is 2.48 bits per heavy atom. The molecule has 1 atom stereocenters. The number of aromatic amines is 2. The molecule has 2 aromatic carbocycles. The highest BCUT2D eigenvalue weighted by molar-refractivity contribution is 5.89. The number of imidazole rings is 1. The summed E-state index contributed by atoms with van der Waals surface area (Å²) in [6.45, 7) is 3.88. The molecule has 1 heterocycles. The maximum atomic E-state index is 12.1. The summed E-state index contributed by atoms with van der Waals surface area (Å²) >= 11 is 0. The quantitative estimate of drug-likeness (QED) is 0.599. The van der Waals surface area contributed by atoms with Gasteiger partial charge in [-0.3, -0.25) is 0 Å². The van der Waals surface area contributed by atoms with Gasteiger partial charge in [0.25, 0.3) is 0 Å². The third-order valence-corrected chi connectivity index (χ3v) is 3.70. The fourth-order valence-corrected chi connectivity index (χ4v) is 2.40. The summed E-state index contributed by atoms with van der Waals surface area (Å²) in [4.78, 5) is 28.8. The van der Waals surface area contributed by atoms with Gasteiger partial charge in [-0.05, 0) is 43.7 Å². The highest BCUT2D eigenvalue weighted by Crippen LogP contribution is 2.17. The van der Waals surface area contributed by atoms with Crippen molar-refractivity contribution in [1.29, 1.82) is 0 Å². The number of nitrogens with one attached hydrogen (secondary N) is 4. The zero-order valence-corrected chi connectivity index (χ0v) is 12.9. The standard InChI is InChI=1S/C17H18N4O2/c1-10-3-6-13(7-4-10)19-16(22)18-11(2)12-5-8-14-15(9-12)21-17(23)20-14/h3-9,11H,1-2H3,(H2,18,19,22)(H2,20,21,23)/t11-/m0/s1. The number of hydrogen-bond acceptors (Lipinski definition) is 2. The van der Waals surface area contributed by atoms with E-state index in [4.69, 9.17) is 0 Å². The lowest BCUT2D eigenvalue weighted by Gasteiger charge is -2.15. The second-order valence-corrected chi connectivity index (χ2v) is 5.57. The van der Waals surface area contributed by atoms with Gasteiger partial charge < -0.3 is 20.6 Å². The molecule has 2 amide bonds. The van der Waals surface area contributed by atoms with E-state index < -0.39 is 0 Å². The Bertz CT molecular complexity index is 893. The van der Waals surface area contributed by atoms with Gasteiger partial charge in [-0.2, -0.15) is 0 Å². The SMILES string of the molecule is Cc1ccc(NC(=O)N[C@@H](C)c2ccc3[nH]c(=O)[nH]c3c2)cc1. The Labute approximate surface area is 132 Å². The Morgan fingerprint density at radius 1 is 1.04 bits per heavy atom. The number of amides is 2. The van der Waals surface area contributed by atoms with Gasteiger partial charge in [-0.15, -0.1) is 0 Å². The average molecular weight is 310 g/mol. The Hall–Kier alpha value is -3.02. The van der Waals surface area contributed by atoms with E-state index in [2.05, 4.69) is 20.6 Å². The summed E-state index contributed by atoms with van der Waals surface area (Å²) in [5, 5.41) is 5.68. The number of fused-ring (bicyclic) bond motifs is 1. The summed E-state index contributed by atoms with van der Waals surface area (Å²) < 4.78 is 0. The third kappa shape index (κ3) is 3.42. The molecule has 3 aromatic rings. The second kappa shape index (κ2) is 6.00. The van der Waals surface area contributed by atoms with Crippen molar-refractivity contribution in [1.82, 2.24) is 15.3 Å². The number of rotatable bonds is 3. The molecule has 0 aliphatic rings. The van der Waals surface area contributed by atoms with Crippen LogP contribution in [0.15, 0.2) is 47.3 Å². The highest BCUT2D eigenvalue weighted by Gasteiger charge is 2.11. The molecule has 23 heavy (non-hydrogen) atoms. The van der Waals surface area contributed by atoms with E-state index in [1.54, 1.807) is 0 Å². The van der Waals surface area contributed by atoms with Crippen molar-refractivity contribution >= 4 is 22.8 Å². The first kappa shape index (κ1) is 14.9. The van der Waals surface area contributed by atoms with E-state index in [1.807, 2.05) is 56.3 Å². The molecule has 3 rings (SSSR count). The number of carbonyl (C=O) groups is 1. The lowest BCUT2D eigenvalue weighted by molar-refractivity contribution is 0.249. The second-order valence-electron chi connectivity index (χ2n) is 5.57. The van der Waals surface area contributed by atoms with Crippen molar-refractivity contribution in [3.05, 3.63) is 64.1 Å². The molecule has 4 N–H and O–H groups in total. The number of urea groups is 1. The van der Waals surface area contributed by atoms with Crippen LogP contribution in [0.25, 0.3) is 11.0 Å². The smallest absolute Gasteiger partial charge is 0.323 e. The molecule has 6 nitrogen and oxygen atoms in total. The molecular formula is C17H18N4O2. The summed E-state index contributed by atoms with van der Waals surface area (Å²) in [5.74, 6) is 0. The first-order valence-electron chi connectivity index (χ1n) is 7.37. The van der Waals surface area contributed by atoms with Gasteiger partial charge in [0.15, 0.2) is 0 Å². The first-order valence-corrected chi connectivity index (χ1v) is 7.37. The van der Waals surface area contributed by atoms with Crippen LogP contribution in [-0.2, 0) is 0 Å². The van der Waals surface area contributed by atoms with Gasteiger partial charge in [0.1, 0.15) is 0 Å². The van der Waals surface area contributed by atoms with Crippen molar-refractivity contribution in [2.45, 2.75) is 19.9 Å². The summed E-state index contributed by atoms with van der Waals surface area (Å²) in [6, 6.07) is 12.7. The van der Waals surface area contributed by atoms with Crippen LogP contribution >= 0.6 is 0 Å². The molecular weight excluding hydrogens is 292 g/mol. The number of aryl methyl sites for hydroxylation is 1. The molecule has 0 unspecified atom stereocenters. The van der Waals surface area contributed by atoms with E-state index in [1.165, 1.54) is 0 Å². The van der Waals surface area contributed by atoms with Crippen molar-refractivity contribution in [3.63, 3.8) is 0 Å². The van der Waals surface area contributed by atoms with Crippen LogP contribution in [0.2, 0.25) is 0 Å². The Kier molecular flexibility index (Phi) is 3.89. The molecule has 0 fully saturated rings. The van der Waals surface area contributed by atoms with Crippen LogP contribution < -0.4 is 16.3 Å². The highest BCUT2D eigenvalue weighted by atomic mass is 16.2. The van der Waals surface area contributed by atoms with Crippen molar-refractivity contribution in [2.75, 3.05) is 5.32 Å². The number of benzene rings is 2. The van der Waals surface area contributed by atoms with Crippen molar-refractivity contribution in [3.8, 4) is 0 Å². The first-order chi connectivity index (χ1) is 11.0. The monoisotopic (exact) mass is 310 g/mol. The summed E-state index contributed by atoms with van der Waals surface area (Å²) in [7, 11) is 0. The predicted molar refractivity (Wildman–Crippen MR) is 90.7 cm³/mol. The largest absolute Gasteiger partial charge is 0.331 e. The van der Waals surface area contributed by atoms with Crippen molar-refractivity contribution in [2.24, 2.45) is 0 Å². The Morgan fingerprint density at radius 2 is 1.74 bits per heavy atom. The normalized spacial score (nSPS) is 12.1. The minimum Gasteiger partial charge on any atom is -0.331 e. The van der Waals surface area contributed by atoms with E-state index in [0.29, 0.717) is 0 Å². The minimum absolute atomic E-state index is 0.191. The van der Waals surface area contributed by atoms with Crippen LogP contribution in [0.1, 0.15) is 24.1 Å². The molecule has 1 aromatic heterocycles. The maximum absolute atomic E-state index is 12.1. The fourth-order valence-electron chi connectivity index (χ4n) is 2.40. The molecule has 0 radical (unpaired) electrons. The molecule has 0 spiro atoms. The van der Waals surface area contributed by atoms with Crippen LogP contribution in [-0.4, -0.2) is 16.0 Å². The van der Waals surface area contributed by atoms with E-state index in [-0.39, 0.29) is 17.8 Å². The molecule has 0 bridgehead atoms. The Balaban J connectivity index is 1.69. The zero-order chi connectivity index (χ0) is 16.4. The topological polar surface area (TPSA) is 89.8 Å². The van der Waals surface area contributed by atoms with Crippen LogP contribution in [0.5, 0.6) is 0 Å². The van der Waals surface area contributed by atoms with E-state index >= 15 is 0 Å². The molecule has 0 aliphatic carbocycles. The molecule has 0 aliphatic heterocycles. The van der Waals surface area contributed by atoms with Gasteiger partial charge in [-0.1, -0.05) is 23.8 Å². The predicted octanol–water partition coefficient (Wildman–Crippen LogP) is 3.05. The van der Waals surface area contributed by atoms with Gasteiger partial charge in [0.05, 0.1) is 17.1 Å². The minimum atomic E-state index is -0.274. The number of anilines is 1. The zero-order valence-electron chi connectivity index (χ0n) is 12.9. The molecule has 6 heteroatoms. The number of aromatic nitrogens is 2. The average Bonchev–Trinajstić information content (AvgIpc) is 2.88. The van der Waals surface area contributed by atoms with Crippen LogP contribution in [0.3, 0.4) is 0 Å². The maximum Gasteiger partial charge on any atom is 0.323 e. The molecule has 118 valence electrons. The van der Waals surface area contributed by atoms with E-state index in [9.17, 15) is 9.59 Å². The molecule has 0 saturated carbocycles. The van der Waals surface area contributed by atoms with Crippen LogP contribution in [0.4, 0.5) is 10.5 Å². The van der Waals surface area contributed by atoms with Gasteiger partial charge >= 0.3 is 11.7 Å². The summed E-state index contributed by atoms with van der Waals surface area (Å²) in [5.41, 5.74) is 4.01. The number of H-pyrrole nitrogens is 2. The van der Waals surface area contributed by atoms with Gasteiger partial charge in [-0.25, -0.2) is 9.59 Å². The van der Waals surface area contributed by atoms with Crippen molar-refractivity contribution < 1.29 is 4.79 Å². The van der Waals surface area contributed by atoms with Gasteiger partial charge in [0.2, 0.25) is 0 Å².